The highest BCUT2D eigenvalue weighted by Gasteiger charge is 2.41. The second-order valence-corrected chi connectivity index (χ2v) is 6.88. The van der Waals surface area contributed by atoms with Gasteiger partial charge in [0.25, 0.3) is 0 Å². The van der Waals surface area contributed by atoms with E-state index in [-0.39, 0.29) is 18.0 Å². The van der Waals surface area contributed by atoms with Gasteiger partial charge in [-0.15, -0.1) is 0 Å². The van der Waals surface area contributed by atoms with Gasteiger partial charge in [0.15, 0.2) is 0 Å². The van der Waals surface area contributed by atoms with Gasteiger partial charge in [-0.3, -0.25) is 4.79 Å². The molecule has 22 heavy (non-hydrogen) atoms. The van der Waals surface area contributed by atoms with Crippen molar-refractivity contribution in [2.45, 2.75) is 30.4 Å². The van der Waals surface area contributed by atoms with Crippen LogP contribution in [0.25, 0.3) is 0 Å². The van der Waals surface area contributed by atoms with Crippen LogP contribution >= 0.6 is 11.6 Å². The van der Waals surface area contributed by atoms with E-state index in [1.54, 1.807) is 0 Å². The number of carboxylic acids is 1. The van der Waals surface area contributed by atoms with Gasteiger partial charge in [-0.2, -0.15) is 13.1 Å². The maximum atomic E-state index is 12.6. The van der Waals surface area contributed by atoms with Gasteiger partial charge in [0, 0.05) is 11.6 Å². The fraction of sp³-hybridized carbons (Fsp3) is 0.417. The first-order valence-electron chi connectivity index (χ1n) is 6.22. The molecular formula is C12H12ClF2NO5S. The Morgan fingerprint density at radius 3 is 2.73 bits per heavy atom. The molecule has 0 aliphatic carbocycles. The number of halogens is 3. The lowest BCUT2D eigenvalue weighted by molar-refractivity contribution is -0.140. The maximum absolute atomic E-state index is 12.6. The van der Waals surface area contributed by atoms with Crippen molar-refractivity contribution >= 4 is 27.6 Å². The van der Waals surface area contributed by atoms with Crippen molar-refractivity contribution < 1.29 is 31.8 Å². The molecule has 1 aliphatic rings. The third-order valence-electron chi connectivity index (χ3n) is 3.20. The molecule has 0 aromatic heterocycles. The van der Waals surface area contributed by atoms with Crippen molar-refractivity contribution in [3.8, 4) is 5.75 Å². The van der Waals surface area contributed by atoms with E-state index in [0.717, 1.165) is 16.4 Å². The van der Waals surface area contributed by atoms with Crippen LogP contribution in [-0.4, -0.2) is 43.0 Å². The fourth-order valence-corrected chi connectivity index (χ4v) is 4.31. The molecule has 0 spiro atoms. The van der Waals surface area contributed by atoms with Crippen molar-refractivity contribution in [2.75, 3.05) is 6.54 Å². The highest BCUT2D eigenvalue weighted by atomic mass is 35.5. The van der Waals surface area contributed by atoms with Gasteiger partial charge in [0.05, 0.1) is 0 Å². The summed E-state index contributed by atoms with van der Waals surface area (Å²) in [5.74, 6) is -1.87. The Morgan fingerprint density at radius 2 is 2.14 bits per heavy atom. The first-order chi connectivity index (χ1) is 10.2. The van der Waals surface area contributed by atoms with Crippen molar-refractivity contribution in [3.63, 3.8) is 0 Å². The second kappa shape index (κ2) is 6.35. The summed E-state index contributed by atoms with van der Waals surface area (Å²) in [6.45, 7) is -3.23. The van der Waals surface area contributed by atoms with Crippen molar-refractivity contribution in [1.29, 1.82) is 0 Å². The average molecular weight is 356 g/mol. The molecule has 10 heteroatoms. The molecule has 0 amide bonds. The van der Waals surface area contributed by atoms with Gasteiger partial charge in [0.1, 0.15) is 16.7 Å². The van der Waals surface area contributed by atoms with Gasteiger partial charge in [-0.25, -0.2) is 8.42 Å². The highest BCUT2D eigenvalue weighted by molar-refractivity contribution is 7.89. The van der Waals surface area contributed by atoms with Gasteiger partial charge in [0.2, 0.25) is 10.0 Å². The largest absolute Gasteiger partial charge is 0.480 e. The minimum atomic E-state index is -4.32. The Morgan fingerprint density at radius 1 is 1.45 bits per heavy atom. The zero-order valence-corrected chi connectivity index (χ0v) is 12.7. The first-order valence-corrected chi connectivity index (χ1v) is 8.04. The van der Waals surface area contributed by atoms with E-state index in [0.29, 0.717) is 6.42 Å². The molecule has 0 bridgehead atoms. The van der Waals surface area contributed by atoms with Crippen molar-refractivity contribution in [2.24, 2.45) is 0 Å². The Bertz CT molecular complexity index is 682. The van der Waals surface area contributed by atoms with E-state index in [1.807, 2.05) is 0 Å². The molecule has 1 saturated heterocycles. The summed E-state index contributed by atoms with van der Waals surface area (Å²) in [4.78, 5) is 10.6. The number of nitrogens with zero attached hydrogens (tertiary/aromatic N) is 1. The number of rotatable bonds is 5. The van der Waals surface area contributed by atoms with Crippen LogP contribution in [0.2, 0.25) is 5.02 Å². The summed E-state index contributed by atoms with van der Waals surface area (Å²) in [5, 5.41) is 9.09. The summed E-state index contributed by atoms with van der Waals surface area (Å²) in [5.41, 5.74) is 0. The normalized spacial score (nSPS) is 19.5. The molecule has 1 heterocycles. The average Bonchev–Trinajstić information content (AvgIpc) is 2.90. The monoisotopic (exact) mass is 355 g/mol. The minimum Gasteiger partial charge on any atom is -0.480 e. The van der Waals surface area contributed by atoms with E-state index in [1.165, 1.54) is 6.07 Å². The highest BCUT2D eigenvalue weighted by Crippen LogP contribution is 2.34. The third kappa shape index (κ3) is 3.31. The van der Waals surface area contributed by atoms with Crippen LogP contribution in [0.5, 0.6) is 5.75 Å². The molecule has 1 atom stereocenters. The SMILES string of the molecule is O=C(O)C1CCCN1S(=O)(=O)c1cc(Cl)ccc1OC(F)F. The summed E-state index contributed by atoms with van der Waals surface area (Å²) in [7, 11) is -4.32. The number of alkyl halides is 2. The minimum absolute atomic E-state index is 0.00580. The van der Waals surface area contributed by atoms with Crippen LogP contribution in [0.4, 0.5) is 8.78 Å². The van der Waals surface area contributed by atoms with Crippen LogP contribution in [0.3, 0.4) is 0 Å². The van der Waals surface area contributed by atoms with E-state index in [2.05, 4.69) is 4.74 Å². The Hall–Kier alpha value is -1.45. The lowest BCUT2D eigenvalue weighted by Crippen LogP contribution is -2.40. The fourth-order valence-electron chi connectivity index (χ4n) is 2.28. The summed E-state index contributed by atoms with van der Waals surface area (Å²) in [6.07, 6.45) is 0.516. The molecule has 1 aliphatic heterocycles. The van der Waals surface area contributed by atoms with Gasteiger partial charge in [-0.05, 0) is 31.0 Å². The van der Waals surface area contributed by atoms with Crippen LogP contribution in [-0.2, 0) is 14.8 Å². The third-order valence-corrected chi connectivity index (χ3v) is 5.36. The number of carbonyl (C=O) groups is 1. The number of aliphatic carboxylic acids is 1. The summed E-state index contributed by atoms with van der Waals surface area (Å²) in [6, 6.07) is 1.94. The van der Waals surface area contributed by atoms with Crippen molar-refractivity contribution in [1.82, 2.24) is 4.31 Å². The van der Waals surface area contributed by atoms with Crippen molar-refractivity contribution in [3.05, 3.63) is 23.2 Å². The number of benzene rings is 1. The molecule has 1 unspecified atom stereocenters. The summed E-state index contributed by atoms with van der Waals surface area (Å²) < 4.78 is 55.0. The molecule has 1 N–H and O–H groups in total. The predicted octanol–water partition coefficient (Wildman–Crippen LogP) is 2.18. The Labute approximate surface area is 130 Å². The standard InChI is InChI=1S/C12H12ClF2NO5S/c13-7-3-4-9(21-12(14)15)10(6-7)22(19,20)16-5-1-2-8(16)11(17)18/h3-4,6,8,12H,1-2,5H2,(H,17,18). The molecule has 1 aromatic rings. The number of ether oxygens (including phenoxy) is 1. The molecule has 2 rings (SSSR count). The molecule has 0 radical (unpaired) electrons. The maximum Gasteiger partial charge on any atom is 0.387 e. The zero-order chi connectivity index (χ0) is 16.5. The number of carboxylic acid groups (broad SMARTS) is 1. The topological polar surface area (TPSA) is 83.9 Å². The number of hydrogen-bond acceptors (Lipinski definition) is 4. The molecule has 6 nitrogen and oxygen atoms in total. The van der Waals surface area contributed by atoms with E-state index in [4.69, 9.17) is 16.7 Å². The second-order valence-electron chi connectivity index (χ2n) is 4.58. The Balaban J connectivity index is 2.49. The van der Waals surface area contributed by atoms with E-state index in [9.17, 15) is 22.0 Å². The van der Waals surface area contributed by atoms with Gasteiger partial charge >= 0.3 is 12.6 Å². The molecule has 0 saturated carbocycles. The lowest BCUT2D eigenvalue weighted by Gasteiger charge is -2.22. The number of sulfonamides is 1. The first kappa shape index (κ1) is 16.9. The van der Waals surface area contributed by atoms with Gasteiger partial charge in [-0.1, -0.05) is 11.6 Å². The van der Waals surface area contributed by atoms with Gasteiger partial charge < -0.3 is 9.84 Å². The van der Waals surface area contributed by atoms with Crippen LogP contribution in [0, 0.1) is 0 Å². The predicted molar refractivity (Wildman–Crippen MR) is 72.6 cm³/mol. The molecule has 1 aromatic carbocycles. The van der Waals surface area contributed by atoms with Crippen LogP contribution < -0.4 is 4.74 Å². The smallest absolute Gasteiger partial charge is 0.387 e. The van der Waals surface area contributed by atoms with Crippen LogP contribution in [0.15, 0.2) is 23.1 Å². The quantitative estimate of drug-likeness (QED) is 0.875. The zero-order valence-electron chi connectivity index (χ0n) is 11.1. The molecule has 122 valence electrons. The van der Waals surface area contributed by atoms with Crippen LogP contribution in [0.1, 0.15) is 12.8 Å². The Kier molecular flexibility index (Phi) is 4.88. The molecular weight excluding hydrogens is 344 g/mol. The van der Waals surface area contributed by atoms with E-state index >= 15 is 0 Å². The summed E-state index contributed by atoms with van der Waals surface area (Å²) >= 11 is 5.72. The lowest BCUT2D eigenvalue weighted by atomic mass is 10.2. The molecule has 1 fully saturated rings. The number of hydrogen-bond donors (Lipinski definition) is 1. The van der Waals surface area contributed by atoms with E-state index < -0.39 is 39.3 Å².